The lowest BCUT2D eigenvalue weighted by Gasteiger charge is -2.26. The number of aryl methyl sites for hydroxylation is 1. The first kappa shape index (κ1) is 18.3. The molecule has 4 rings (SSSR count). The van der Waals surface area contributed by atoms with Crippen LogP contribution in [0, 0.1) is 6.92 Å². The first-order valence-corrected chi connectivity index (χ1v) is 10.0. The fraction of sp³-hybridized carbons (Fsp3) is 0.316. The number of anilines is 2. The van der Waals surface area contributed by atoms with E-state index in [9.17, 15) is 0 Å². The normalized spacial score (nSPS) is 15.0. The predicted molar refractivity (Wildman–Crippen MR) is 109 cm³/mol. The number of morpholine rings is 1. The quantitative estimate of drug-likeness (QED) is 0.648. The molecule has 0 spiro atoms. The Bertz CT molecular complexity index is 891. The summed E-state index contributed by atoms with van der Waals surface area (Å²) >= 11 is 7.63. The van der Waals surface area contributed by atoms with Gasteiger partial charge in [-0.3, -0.25) is 4.90 Å². The summed E-state index contributed by atoms with van der Waals surface area (Å²) in [7, 11) is 0. The lowest BCUT2D eigenvalue weighted by molar-refractivity contribution is 0.0347. The number of aromatic nitrogens is 3. The first-order chi connectivity index (χ1) is 13.2. The van der Waals surface area contributed by atoms with Crippen LogP contribution in [0.25, 0.3) is 11.3 Å². The summed E-state index contributed by atoms with van der Waals surface area (Å²) in [6.45, 7) is 6.19. The number of hydrogen-bond donors (Lipinski definition) is 1. The zero-order valence-corrected chi connectivity index (χ0v) is 16.6. The second kappa shape index (κ2) is 8.31. The van der Waals surface area contributed by atoms with Gasteiger partial charge in [0, 0.05) is 41.8 Å². The minimum Gasteiger partial charge on any atom is -0.379 e. The molecule has 2 aromatic heterocycles. The van der Waals surface area contributed by atoms with Gasteiger partial charge in [-0.1, -0.05) is 41.7 Å². The zero-order chi connectivity index (χ0) is 18.6. The molecule has 3 aromatic rings. The Hall–Kier alpha value is -2.06. The van der Waals surface area contributed by atoms with Gasteiger partial charge >= 0.3 is 0 Å². The number of nitrogens with zero attached hydrogens (tertiary/aromatic N) is 4. The first-order valence-electron chi connectivity index (χ1n) is 8.81. The molecule has 0 saturated carbocycles. The largest absolute Gasteiger partial charge is 0.379 e. The maximum atomic E-state index is 5.98. The molecule has 3 heterocycles. The zero-order valence-electron chi connectivity index (χ0n) is 15.0. The van der Waals surface area contributed by atoms with Crippen molar-refractivity contribution in [3.05, 3.63) is 52.3 Å². The van der Waals surface area contributed by atoms with Crippen molar-refractivity contribution in [2.75, 3.05) is 31.6 Å². The molecule has 6 nitrogen and oxygen atoms in total. The number of benzene rings is 1. The van der Waals surface area contributed by atoms with Crippen LogP contribution in [0.2, 0.25) is 5.28 Å². The molecular formula is C19H20ClN5OS. The van der Waals surface area contributed by atoms with Crippen LogP contribution < -0.4 is 5.32 Å². The monoisotopic (exact) mass is 401 g/mol. The summed E-state index contributed by atoms with van der Waals surface area (Å²) in [4.78, 5) is 16.8. The smallest absolute Gasteiger partial charge is 0.224 e. The summed E-state index contributed by atoms with van der Waals surface area (Å²) in [6, 6.07) is 12.1. The lowest BCUT2D eigenvalue weighted by Crippen LogP contribution is -2.35. The Morgan fingerprint density at radius 3 is 2.67 bits per heavy atom. The molecule has 8 heteroatoms. The Balaban J connectivity index is 1.64. The van der Waals surface area contributed by atoms with E-state index in [-0.39, 0.29) is 5.28 Å². The summed E-state index contributed by atoms with van der Waals surface area (Å²) in [5.41, 5.74) is 2.93. The number of nitrogens with one attached hydrogen (secondary N) is 1. The van der Waals surface area contributed by atoms with Crippen molar-refractivity contribution in [2.24, 2.45) is 0 Å². The van der Waals surface area contributed by atoms with Gasteiger partial charge in [-0.25, -0.2) is 15.0 Å². The van der Waals surface area contributed by atoms with E-state index >= 15 is 0 Å². The second-order valence-electron chi connectivity index (χ2n) is 6.33. The Kier molecular flexibility index (Phi) is 5.63. The Morgan fingerprint density at radius 1 is 1.15 bits per heavy atom. The van der Waals surface area contributed by atoms with Gasteiger partial charge in [0.1, 0.15) is 5.82 Å². The van der Waals surface area contributed by atoms with Gasteiger partial charge in [-0.2, -0.15) is 0 Å². The molecule has 0 bridgehead atoms. The van der Waals surface area contributed by atoms with Crippen molar-refractivity contribution in [2.45, 2.75) is 13.5 Å². The maximum Gasteiger partial charge on any atom is 0.224 e. The van der Waals surface area contributed by atoms with Crippen LogP contribution in [0.5, 0.6) is 0 Å². The average Bonchev–Trinajstić information content (AvgIpc) is 3.04. The molecule has 1 fully saturated rings. The van der Waals surface area contributed by atoms with E-state index in [1.807, 2.05) is 31.2 Å². The minimum absolute atomic E-state index is 0.228. The van der Waals surface area contributed by atoms with Crippen molar-refractivity contribution >= 4 is 33.9 Å². The van der Waals surface area contributed by atoms with Crippen molar-refractivity contribution < 1.29 is 4.74 Å². The predicted octanol–water partition coefficient (Wildman–Crippen LogP) is 4.14. The highest BCUT2D eigenvalue weighted by molar-refractivity contribution is 7.16. The van der Waals surface area contributed by atoms with Gasteiger partial charge < -0.3 is 10.1 Å². The maximum absolute atomic E-state index is 5.98. The van der Waals surface area contributed by atoms with Crippen molar-refractivity contribution in [1.82, 2.24) is 19.9 Å². The fourth-order valence-corrected chi connectivity index (χ4v) is 4.26. The molecule has 0 amide bonds. The number of ether oxygens (including phenoxy) is 1. The van der Waals surface area contributed by atoms with Crippen LogP contribution in [0.3, 0.4) is 0 Å². The van der Waals surface area contributed by atoms with E-state index in [4.69, 9.17) is 21.3 Å². The second-order valence-corrected chi connectivity index (χ2v) is 7.76. The fourth-order valence-electron chi connectivity index (χ4n) is 3.00. The van der Waals surface area contributed by atoms with Crippen molar-refractivity contribution in [1.29, 1.82) is 0 Å². The van der Waals surface area contributed by atoms with Crippen LogP contribution in [-0.2, 0) is 11.3 Å². The van der Waals surface area contributed by atoms with Crippen LogP contribution in [0.1, 0.15) is 10.6 Å². The lowest BCUT2D eigenvalue weighted by atomic mass is 10.1. The van der Waals surface area contributed by atoms with Crippen LogP contribution >= 0.6 is 22.9 Å². The molecule has 140 valence electrons. The van der Waals surface area contributed by atoms with E-state index in [0.717, 1.165) is 54.9 Å². The third-order valence-corrected chi connectivity index (χ3v) is 5.40. The molecule has 1 aromatic carbocycles. The van der Waals surface area contributed by atoms with Gasteiger partial charge in [0.25, 0.3) is 0 Å². The summed E-state index contributed by atoms with van der Waals surface area (Å²) < 4.78 is 5.47. The third kappa shape index (κ3) is 4.62. The molecule has 0 atom stereocenters. The van der Waals surface area contributed by atoms with E-state index in [2.05, 4.69) is 32.3 Å². The topological polar surface area (TPSA) is 63.2 Å². The van der Waals surface area contributed by atoms with E-state index in [0.29, 0.717) is 5.82 Å². The number of halogens is 1. The summed E-state index contributed by atoms with van der Waals surface area (Å²) in [6.07, 6.45) is 0. The van der Waals surface area contributed by atoms with Crippen LogP contribution in [0.4, 0.5) is 10.9 Å². The molecule has 0 unspecified atom stereocenters. The molecule has 1 aliphatic heterocycles. The van der Waals surface area contributed by atoms with Gasteiger partial charge in [-0.05, 0) is 18.5 Å². The minimum atomic E-state index is 0.228. The average molecular weight is 402 g/mol. The standard InChI is InChI=1S/C19H20ClN5OS/c1-13-11-16(22-18(20)21-13)23-19-24-17(14-5-3-2-4-6-14)15(27-19)12-25-7-9-26-10-8-25/h2-6,11H,7-10,12H2,1H3,(H,21,22,23,24). The summed E-state index contributed by atoms with van der Waals surface area (Å²) in [5, 5.41) is 4.31. The summed E-state index contributed by atoms with van der Waals surface area (Å²) in [5.74, 6) is 0.652. The number of hydrogen-bond acceptors (Lipinski definition) is 7. The SMILES string of the molecule is Cc1cc(Nc2nc(-c3ccccc3)c(CN3CCOCC3)s2)nc(Cl)n1. The van der Waals surface area contributed by atoms with Crippen LogP contribution in [-0.4, -0.2) is 46.2 Å². The molecule has 0 radical (unpaired) electrons. The molecule has 1 saturated heterocycles. The van der Waals surface area contributed by atoms with E-state index in [1.54, 1.807) is 11.3 Å². The molecular weight excluding hydrogens is 382 g/mol. The third-order valence-electron chi connectivity index (χ3n) is 4.28. The van der Waals surface area contributed by atoms with Gasteiger partial charge in [0.2, 0.25) is 5.28 Å². The van der Waals surface area contributed by atoms with E-state index in [1.165, 1.54) is 4.88 Å². The van der Waals surface area contributed by atoms with Gasteiger partial charge in [-0.15, -0.1) is 0 Å². The van der Waals surface area contributed by atoms with Crippen molar-refractivity contribution in [3.63, 3.8) is 0 Å². The Labute approximate surface area is 167 Å². The number of rotatable bonds is 5. The van der Waals surface area contributed by atoms with Gasteiger partial charge in [0.05, 0.1) is 18.9 Å². The molecule has 1 N–H and O–H groups in total. The van der Waals surface area contributed by atoms with E-state index < -0.39 is 0 Å². The number of thiazole rings is 1. The highest BCUT2D eigenvalue weighted by Crippen LogP contribution is 2.33. The van der Waals surface area contributed by atoms with Crippen LogP contribution in [0.15, 0.2) is 36.4 Å². The highest BCUT2D eigenvalue weighted by atomic mass is 35.5. The van der Waals surface area contributed by atoms with Crippen molar-refractivity contribution in [3.8, 4) is 11.3 Å². The molecule has 1 aliphatic rings. The van der Waals surface area contributed by atoms with Gasteiger partial charge in [0.15, 0.2) is 5.13 Å². The highest BCUT2D eigenvalue weighted by Gasteiger charge is 2.18. The molecule has 27 heavy (non-hydrogen) atoms. The molecule has 0 aliphatic carbocycles. The Morgan fingerprint density at radius 2 is 1.93 bits per heavy atom.